The average Bonchev–Trinajstić information content (AvgIpc) is 3.18. The first-order valence-corrected chi connectivity index (χ1v) is 10.9. The van der Waals surface area contributed by atoms with E-state index in [9.17, 15) is 4.79 Å². The lowest BCUT2D eigenvalue weighted by molar-refractivity contribution is -0.116. The zero-order chi connectivity index (χ0) is 22.2. The van der Waals surface area contributed by atoms with Crippen LogP contribution in [0.1, 0.15) is 48.7 Å². The van der Waals surface area contributed by atoms with Crippen molar-refractivity contribution in [3.8, 4) is 11.5 Å². The van der Waals surface area contributed by atoms with Gasteiger partial charge in [0.15, 0.2) is 5.78 Å². The van der Waals surface area contributed by atoms with E-state index in [-0.39, 0.29) is 17.7 Å². The number of rotatable bonds is 5. The van der Waals surface area contributed by atoms with Gasteiger partial charge in [-0.1, -0.05) is 24.3 Å². The Bertz CT molecular complexity index is 1180. The van der Waals surface area contributed by atoms with Gasteiger partial charge < -0.3 is 14.8 Å². The van der Waals surface area contributed by atoms with E-state index in [0.29, 0.717) is 24.8 Å². The number of hydrogen-bond donors (Lipinski definition) is 1. The molecule has 1 aliphatic carbocycles. The zero-order valence-electron chi connectivity index (χ0n) is 18.5. The molecule has 1 N–H and O–H groups in total. The molecule has 32 heavy (non-hydrogen) atoms. The number of carbonyl (C=O) groups is 1. The molecule has 0 bridgehead atoms. The van der Waals surface area contributed by atoms with Gasteiger partial charge in [0, 0.05) is 17.7 Å². The highest BCUT2D eigenvalue weighted by Crippen LogP contribution is 2.44. The number of methoxy groups -OCH3 is 1. The van der Waals surface area contributed by atoms with Crippen LogP contribution < -0.4 is 14.8 Å². The number of aromatic nitrogens is 3. The molecule has 2 atom stereocenters. The Balaban J connectivity index is 1.54. The summed E-state index contributed by atoms with van der Waals surface area (Å²) in [6.07, 6.45) is 1.20. The molecule has 0 spiro atoms. The van der Waals surface area contributed by atoms with E-state index in [0.717, 1.165) is 40.3 Å². The third-order valence-electron chi connectivity index (χ3n) is 6.12. The van der Waals surface area contributed by atoms with Gasteiger partial charge in [0.2, 0.25) is 5.95 Å². The molecule has 0 radical (unpaired) electrons. The number of ketones is 1. The maximum absolute atomic E-state index is 13.5. The second-order valence-corrected chi connectivity index (χ2v) is 8.15. The monoisotopic (exact) mass is 430 g/mol. The number of fused-ring (bicyclic) bond motifs is 1. The maximum atomic E-state index is 13.5. The first-order chi connectivity index (χ1) is 15.6. The van der Waals surface area contributed by atoms with E-state index >= 15 is 0 Å². The number of hydrogen-bond acceptors (Lipinski definition) is 6. The molecule has 5 rings (SSSR count). The predicted octanol–water partition coefficient (Wildman–Crippen LogP) is 4.41. The van der Waals surface area contributed by atoms with Crippen LogP contribution in [0.5, 0.6) is 11.5 Å². The predicted molar refractivity (Wildman–Crippen MR) is 121 cm³/mol. The number of carbonyl (C=O) groups excluding carboxylic acids is 1. The van der Waals surface area contributed by atoms with Crippen LogP contribution in [0.15, 0.2) is 59.8 Å². The first-order valence-electron chi connectivity index (χ1n) is 10.9. The minimum atomic E-state index is -0.303. The number of aryl methyl sites for hydroxylation is 1. The highest BCUT2D eigenvalue weighted by Gasteiger charge is 2.39. The summed E-state index contributed by atoms with van der Waals surface area (Å²) in [7, 11) is 1.65. The van der Waals surface area contributed by atoms with Crippen molar-refractivity contribution in [3.63, 3.8) is 0 Å². The molecule has 3 aromatic rings. The highest BCUT2D eigenvalue weighted by atomic mass is 16.5. The molecule has 7 heteroatoms. The summed E-state index contributed by atoms with van der Waals surface area (Å²) in [6.45, 7) is 4.44. The second kappa shape index (κ2) is 8.15. The first kappa shape index (κ1) is 20.3. The van der Waals surface area contributed by atoms with Crippen molar-refractivity contribution in [2.24, 2.45) is 0 Å². The van der Waals surface area contributed by atoms with E-state index in [2.05, 4.69) is 15.4 Å². The van der Waals surface area contributed by atoms with E-state index in [1.165, 1.54) is 0 Å². The van der Waals surface area contributed by atoms with Crippen LogP contribution in [0.4, 0.5) is 5.95 Å². The van der Waals surface area contributed by atoms with E-state index in [1.54, 1.807) is 7.11 Å². The summed E-state index contributed by atoms with van der Waals surface area (Å²) in [5.41, 5.74) is 3.83. The summed E-state index contributed by atoms with van der Waals surface area (Å²) in [4.78, 5) is 18.1. The van der Waals surface area contributed by atoms with Crippen molar-refractivity contribution in [1.29, 1.82) is 0 Å². The van der Waals surface area contributed by atoms with Gasteiger partial charge in [-0.3, -0.25) is 4.79 Å². The van der Waals surface area contributed by atoms with Gasteiger partial charge in [-0.25, -0.2) is 4.68 Å². The van der Waals surface area contributed by atoms with Crippen LogP contribution in [0.25, 0.3) is 0 Å². The Morgan fingerprint density at radius 1 is 1.03 bits per heavy atom. The molecular weight excluding hydrogens is 404 g/mol. The molecule has 1 aliphatic heterocycles. The molecule has 164 valence electrons. The Morgan fingerprint density at radius 2 is 1.72 bits per heavy atom. The third kappa shape index (κ3) is 3.53. The van der Waals surface area contributed by atoms with Crippen molar-refractivity contribution in [2.45, 2.75) is 38.6 Å². The van der Waals surface area contributed by atoms with Crippen LogP contribution in [0, 0.1) is 6.92 Å². The molecule has 0 saturated heterocycles. The molecule has 0 unspecified atom stereocenters. The molecule has 1 aromatic heterocycles. The molecule has 2 heterocycles. The average molecular weight is 431 g/mol. The number of ether oxygens (including phenoxy) is 2. The van der Waals surface area contributed by atoms with Crippen LogP contribution >= 0.6 is 0 Å². The van der Waals surface area contributed by atoms with Crippen molar-refractivity contribution >= 4 is 11.7 Å². The second-order valence-electron chi connectivity index (χ2n) is 8.15. The molecular formula is C25H26N4O3. The smallest absolute Gasteiger partial charge is 0.226 e. The van der Waals surface area contributed by atoms with Gasteiger partial charge in [0.25, 0.3) is 0 Å². The number of nitrogens with zero attached hydrogens (tertiary/aromatic N) is 3. The zero-order valence-corrected chi connectivity index (χ0v) is 18.5. The van der Waals surface area contributed by atoms with Crippen molar-refractivity contribution in [2.75, 3.05) is 19.0 Å². The SMILES string of the molecule is CCOc1ccc([C@H]2C3=C(C[C@@H](c4ccc(OC)cc4)CC3=O)Nc3nc(C)nn32)cc1. The summed E-state index contributed by atoms with van der Waals surface area (Å²) in [5.74, 6) is 3.20. The van der Waals surface area contributed by atoms with E-state index < -0.39 is 0 Å². The number of benzene rings is 2. The number of allylic oxidation sites excluding steroid dienone is 2. The summed E-state index contributed by atoms with van der Waals surface area (Å²) >= 11 is 0. The Labute approximate surface area is 187 Å². The minimum Gasteiger partial charge on any atom is -0.497 e. The van der Waals surface area contributed by atoms with Crippen LogP contribution in [0.3, 0.4) is 0 Å². The van der Waals surface area contributed by atoms with Gasteiger partial charge in [-0.15, -0.1) is 0 Å². The Kier molecular flexibility index (Phi) is 5.17. The summed E-state index contributed by atoms with van der Waals surface area (Å²) < 4.78 is 12.7. The molecule has 7 nitrogen and oxygen atoms in total. The minimum absolute atomic E-state index is 0.108. The highest BCUT2D eigenvalue weighted by molar-refractivity contribution is 6.00. The van der Waals surface area contributed by atoms with Crippen molar-refractivity contribution in [3.05, 3.63) is 76.8 Å². The lowest BCUT2D eigenvalue weighted by atomic mass is 9.78. The van der Waals surface area contributed by atoms with Crippen LogP contribution in [-0.4, -0.2) is 34.3 Å². The van der Waals surface area contributed by atoms with Gasteiger partial charge in [0.05, 0.1) is 13.7 Å². The molecule has 2 aliphatic rings. The molecule has 0 saturated carbocycles. The summed E-state index contributed by atoms with van der Waals surface area (Å²) in [6, 6.07) is 15.6. The van der Waals surface area contributed by atoms with Crippen LogP contribution in [-0.2, 0) is 4.79 Å². The summed E-state index contributed by atoms with van der Waals surface area (Å²) in [5, 5.41) is 8.00. The fraction of sp³-hybridized carbons (Fsp3) is 0.320. The number of nitrogens with one attached hydrogen (secondary N) is 1. The third-order valence-corrected chi connectivity index (χ3v) is 6.12. The van der Waals surface area contributed by atoms with E-state index in [4.69, 9.17) is 9.47 Å². The topological polar surface area (TPSA) is 78.3 Å². The van der Waals surface area contributed by atoms with Gasteiger partial charge in [-0.2, -0.15) is 10.1 Å². The van der Waals surface area contributed by atoms with Crippen molar-refractivity contribution in [1.82, 2.24) is 14.8 Å². The van der Waals surface area contributed by atoms with Gasteiger partial charge >= 0.3 is 0 Å². The Hall–Kier alpha value is -3.61. The number of anilines is 1. The molecule has 2 aromatic carbocycles. The molecule has 0 fully saturated rings. The molecule has 0 amide bonds. The Morgan fingerprint density at radius 3 is 2.41 bits per heavy atom. The van der Waals surface area contributed by atoms with Crippen LogP contribution in [0.2, 0.25) is 0 Å². The van der Waals surface area contributed by atoms with Gasteiger partial charge in [0.1, 0.15) is 23.4 Å². The lowest BCUT2D eigenvalue weighted by Gasteiger charge is -2.35. The fourth-order valence-electron chi connectivity index (χ4n) is 4.65. The van der Waals surface area contributed by atoms with E-state index in [1.807, 2.05) is 67.1 Å². The number of Topliss-reactive ketones (excluding diaryl/α,β-unsaturated/α-hetero) is 1. The van der Waals surface area contributed by atoms with Gasteiger partial charge in [-0.05, 0) is 61.6 Å². The normalized spacial score (nSPS) is 19.8. The van der Waals surface area contributed by atoms with Crippen molar-refractivity contribution < 1.29 is 14.3 Å². The fourth-order valence-corrected chi connectivity index (χ4v) is 4.65. The lowest BCUT2D eigenvalue weighted by Crippen LogP contribution is -2.33. The standard InChI is InChI=1S/C25H26N4O3/c1-4-32-20-11-7-17(8-12-20)24-23-21(27-25-26-15(2)28-29(24)25)13-18(14-22(23)30)16-5-9-19(31-3)10-6-16/h5-12,18,24H,4,13-14H2,1-3H3,(H,26,27,28)/t18-,24+/m1/s1. The quantitative estimate of drug-likeness (QED) is 0.646. The largest absolute Gasteiger partial charge is 0.497 e. The maximum Gasteiger partial charge on any atom is 0.226 e.